The highest BCUT2D eigenvalue weighted by Crippen LogP contribution is 2.33. The Bertz CT molecular complexity index is 1040. The molecule has 150 valence electrons. The second-order valence-electron chi connectivity index (χ2n) is 6.94. The summed E-state index contributed by atoms with van der Waals surface area (Å²) < 4.78 is 48.8. The van der Waals surface area contributed by atoms with Crippen LogP contribution in [0.4, 0.5) is 18.9 Å². The van der Waals surface area contributed by atoms with Crippen molar-refractivity contribution in [3.05, 3.63) is 65.4 Å². The number of fused-ring (bicyclic) bond motifs is 1. The van der Waals surface area contributed by atoms with Crippen LogP contribution in [-0.2, 0) is 23.8 Å². The van der Waals surface area contributed by atoms with Crippen molar-refractivity contribution in [2.24, 2.45) is 0 Å². The maximum Gasteiger partial charge on any atom is 0.416 e. The maximum absolute atomic E-state index is 12.6. The minimum absolute atomic E-state index is 0.0599. The zero-order chi connectivity index (χ0) is 20.6. The van der Waals surface area contributed by atoms with Crippen LogP contribution in [0.2, 0.25) is 0 Å². The Morgan fingerprint density at radius 2 is 1.93 bits per heavy atom. The van der Waals surface area contributed by atoms with Gasteiger partial charge < -0.3 is 14.6 Å². The molecule has 2 heterocycles. The van der Waals surface area contributed by atoms with Gasteiger partial charge in [-0.2, -0.15) is 13.2 Å². The third-order valence-corrected chi connectivity index (χ3v) is 4.58. The molecule has 0 aliphatic carbocycles. The first-order chi connectivity index (χ1) is 13.8. The van der Waals surface area contributed by atoms with E-state index in [1.165, 1.54) is 12.1 Å². The summed E-state index contributed by atoms with van der Waals surface area (Å²) in [6.45, 7) is 2.00. The van der Waals surface area contributed by atoms with Gasteiger partial charge in [-0.15, -0.1) is 0 Å². The quantitative estimate of drug-likeness (QED) is 0.677. The molecule has 1 amide bonds. The molecule has 5 nitrogen and oxygen atoms in total. The summed E-state index contributed by atoms with van der Waals surface area (Å²) in [5, 5.41) is 6.47. The average molecular weight is 402 g/mol. The number of nitrogens with zero attached hydrogens (tertiary/aromatic N) is 1. The van der Waals surface area contributed by atoms with Crippen molar-refractivity contribution in [1.29, 1.82) is 0 Å². The second kappa shape index (κ2) is 7.27. The summed E-state index contributed by atoms with van der Waals surface area (Å²) in [6.07, 6.45) is -3.52. The number of halogens is 3. The lowest BCUT2D eigenvalue weighted by molar-refractivity contribution is -0.137. The van der Waals surface area contributed by atoms with E-state index >= 15 is 0 Å². The fourth-order valence-electron chi connectivity index (χ4n) is 3.22. The highest BCUT2D eigenvalue weighted by atomic mass is 19.4. The van der Waals surface area contributed by atoms with Crippen LogP contribution in [0.1, 0.15) is 23.7 Å². The molecule has 1 aromatic heterocycles. The summed E-state index contributed by atoms with van der Waals surface area (Å²) in [5.74, 6) is 0.988. The highest BCUT2D eigenvalue weighted by molar-refractivity contribution is 5.92. The smallest absolute Gasteiger partial charge is 0.416 e. The molecular formula is C21H17F3N2O3. The second-order valence-corrected chi connectivity index (χ2v) is 6.94. The molecule has 8 heteroatoms. The number of benzene rings is 2. The minimum Gasteiger partial charge on any atom is -0.490 e. The summed E-state index contributed by atoms with van der Waals surface area (Å²) in [5.41, 5.74) is 1.86. The molecular weight excluding hydrogens is 385 g/mol. The monoisotopic (exact) mass is 402 g/mol. The van der Waals surface area contributed by atoms with E-state index in [2.05, 4.69) is 10.5 Å². The SMILES string of the molecule is CC1Cc2cc(-c3cc(CC(=O)Nc4ccc(C(F)(F)F)cc4)no3)ccc2O1. The molecule has 1 atom stereocenters. The van der Waals surface area contributed by atoms with Gasteiger partial charge in [-0.3, -0.25) is 4.79 Å². The predicted molar refractivity (Wildman–Crippen MR) is 99.5 cm³/mol. The highest BCUT2D eigenvalue weighted by Gasteiger charge is 2.30. The average Bonchev–Trinajstić information content (AvgIpc) is 3.26. The van der Waals surface area contributed by atoms with Gasteiger partial charge >= 0.3 is 6.18 Å². The first-order valence-electron chi connectivity index (χ1n) is 9.00. The number of aromatic nitrogens is 1. The zero-order valence-corrected chi connectivity index (χ0v) is 15.4. The molecule has 0 saturated carbocycles. The number of amides is 1. The predicted octanol–water partition coefficient (Wildman–Crippen LogP) is 4.87. The van der Waals surface area contributed by atoms with Crippen molar-refractivity contribution in [2.45, 2.75) is 32.0 Å². The first-order valence-corrected chi connectivity index (χ1v) is 9.00. The van der Waals surface area contributed by atoms with Gasteiger partial charge in [-0.1, -0.05) is 5.16 Å². The lowest BCUT2D eigenvalue weighted by Crippen LogP contribution is -2.14. The molecule has 0 fully saturated rings. The van der Waals surface area contributed by atoms with Crippen molar-refractivity contribution in [3.63, 3.8) is 0 Å². The largest absolute Gasteiger partial charge is 0.490 e. The van der Waals surface area contributed by atoms with E-state index in [1.807, 2.05) is 25.1 Å². The number of hydrogen-bond donors (Lipinski definition) is 1. The molecule has 1 aliphatic heterocycles. The van der Waals surface area contributed by atoms with Gasteiger partial charge in [-0.05, 0) is 55.0 Å². The Labute approximate surface area is 164 Å². The van der Waals surface area contributed by atoms with E-state index in [4.69, 9.17) is 9.26 Å². The van der Waals surface area contributed by atoms with Gasteiger partial charge in [0.15, 0.2) is 5.76 Å². The third kappa shape index (κ3) is 4.26. The van der Waals surface area contributed by atoms with Crippen LogP contribution in [0.25, 0.3) is 11.3 Å². The summed E-state index contributed by atoms with van der Waals surface area (Å²) in [4.78, 5) is 12.2. The van der Waals surface area contributed by atoms with Gasteiger partial charge in [0.2, 0.25) is 5.91 Å². The van der Waals surface area contributed by atoms with Crippen LogP contribution in [-0.4, -0.2) is 17.2 Å². The number of carbonyl (C=O) groups excluding carboxylic acids is 1. The Morgan fingerprint density at radius 1 is 1.17 bits per heavy atom. The van der Waals surface area contributed by atoms with E-state index < -0.39 is 17.6 Å². The third-order valence-electron chi connectivity index (χ3n) is 4.58. The van der Waals surface area contributed by atoms with E-state index in [-0.39, 0.29) is 18.2 Å². The van der Waals surface area contributed by atoms with Gasteiger partial charge in [0.05, 0.1) is 17.7 Å². The van der Waals surface area contributed by atoms with Crippen LogP contribution in [0.3, 0.4) is 0 Å². The Kier molecular flexibility index (Phi) is 4.77. The summed E-state index contributed by atoms with van der Waals surface area (Å²) in [7, 11) is 0. The van der Waals surface area contributed by atoms with Crippen LogP contribution in [0, 0.1) is 0 Å². The number of ether oxygens (including phenoxy) is 1. The summed E-state index contributed by atoms with van der Waals surface area (Å²) >= 11 is 0. The van der Waals surface area contributed by atoms with Crippen molar-refractivity contribution < 1.29 is 27.2 Å². The van der Waals surface area contributed by atoms with Crippen molar-refractivity contribution >= 4 is 11.6 Å². The topological polar surface area (TPSA) is 64.4 Å². The van der Waals surface area contributed by atoms with E-state index in [0.29, 0.717) is 11.5 Å². The molecule has 29 heavy (non-hydrogen) atoms. The van der Waals surface area contributed by atoms with E-state index in [0.717, 1.165) is 35.4 Å². The first kappa shape index (κ1) is 19.0. The Hall–Kier alpha value is -3.29. The lowest BCUT2D eigenvalue weighted by Gasteiger charge is -2.08. The number of rotatable bonds is 4. The molecule has 0 saturated heterocycles. The molecule has 1 unspecified atom stereocenters. The van der Waals surface area contributed by atoms with Crippen LogP contribution in [0.15, 0.2) is 53.1 Å². The minimum atomic E-state index is -4.42. The molecule has 4 rings (SSSR count). The van der Waals surface area contributed by atoms with Crippen LogP contribution in [0.5, 0.6) is 5.75 Å². The normalized spacial score (nSPS) is 15.7. The lowest BCUT2D eigenvalue weighted by atomic mass is 10.1. The van der Waals surface area contributed by atoms with E-state index in [1.54, 1.807) is 6.07 Å². The molecule has 0 radical (unpaired) electrons. The molecule has 0 bridgehead atoms. The fourth-order valence-corrected chi connectivity index (χ4v) is 3.22. The zero-order valence-electron chi connectivity index (χ0n) is 15.4. The van der Waals surface area contributed by atoms with Crippen molar-refractivity contribution in [2.75, 3.05) is 5.32 Å². The standard InChI is InChI=1S/C21H17F3N2O3/c1-12-8-14-9-13(2-7-18(14)28-12)19-10-17(26-29-19)11-20(27)25-16-5-3-15(4-6-16)21(22,23)24/h2-7,9-10,12H,8,11H2,1H3,(H,25,27). The van der Waals surface area contributed by atoms with Gasteiger partial charge in [0.1, 0.15) is 11.9 Å². The number of nitrogens with one attached hydrogen (secondary N) is 1. The molecule has 1 N–H and O–H groups in total. The molecule has 2 aromatic carbocycles. The summed E-state index contributed by atoms with van der Waals surface area (Å²) in [6, 6.07) is 11.7. The number of alkyl halides is 3. The number of carbonyl (C=O) groups is 1. The fraction of sp³-hybridized carbons (Fsp3) is 0.238. The van der Waals surface area contributed by atoms with Crippen LogP contribution < -0.4 is 10.1 Å². The van der Waals surface area contributed by atoms with Gasteiger partial charge in [0, 0.05) is 23.7 Å². The van der Waals surface area contributed by atoms with E-state index in [9.17, 15) is 18.0 Å². The Balaban J connectivity index is 1.40. The van der Waals surface area contributed by atoms with Gasteiger partial charge in [0.25, 0.3) is 0 Å². The molecule has 3 aromatic rings. The Morgan fingerprint density at radius 3 is 2.66 bits per heavy atom. The number of anilines is 1. The van der Waals surface area contributed by atoms with Crippen molar-refractivity contribution in [3.8, 4) is 17.1 Å². The molecule has 0 spiro atoms. The molecule has 1 aliphatic rings. The van der Waals surface area contributed by atoms with Gasteiger partial charge in [-0.25, -0.2) is 0 Å². The maximum atomic E-state index is 12.6. The van der Waals surface area contributed by atoms with Crippen molar-refractivity contribution in [1.82, 2.24) is 5.16 Å². The van der Waals surface area contributed by atoms with Crippen LogP contribution >= 0.6 is 0 Å². The number of hydrogen-bond acceptors (Lipinski definition) is 4.